The Balaban J connectivity index is 2.70. The van der Waals surface area contributed by atoms with Gasteiger partial charge in [0, 0.05) is 65.7 Å². The molecule has 2 rings (SSSR count). The van der Waals surface area contributed by atoms with Crippen LogP contribution in [0.2, 0.25) is 0 Å². The molecule has 44 heavy (non-hydrogen) atoms. The third-order valence-electron chi connectivity index (χ3n) is 10.7. The van der Waals surface area contributed by atoms with E-state index in [4.69, 9.17) is 0 Å². The maximum Gasteiger partial charge on any atom is 0.320 e. The van der Waals surface area contributed by atoms with Gasteiger partial charge in [-0.2, -0.15) is 0 Å². The molecule has 0 bridgehead atoms. The molecule has 0 aliphatic carbocycles. The van der Waals surface area contributed by atoms with Crippen molar-refractivity contribution in [2.24, 2.45) is 17.3 Å². The first-order valence-corrected chi connectivity index (χ1v) is 16.7. The number of nitrogens with zero attached hydrogens (tertiary/aromatic N) is 4. The number of likely N-dealkylation sites (tertiary alicyclic amines) is 2. The lowest BCUT2D eigenvalue weighted by Gasteiger charge is -2.64. The summed E-state index contributed by atoms with van der Waals surface area (Å²) in [6, 6.07) is -0.130. The van der Waals surface area contributed by atoms with Crippen molar-refractivity contribution < 1.29 is 29.4 Å². The van der Waals surface area contributed by atoms with Gasteiger partial charge in [-0.3, -0.25) is 0 Å². The van der Waals surface area contributed by atoms with E-state index < -0.39 is 39.5 Å². The molecule has 0 unspecified atom stereocenters. The maximum atomic E-state index is 13.8. The number of carboxylic acid groups (broad SMARTS) is 2. The van der Waals surface area contributed by atoms with E-state index in [1.807, 2.05) is 92.9 Å². The van der Waals surface area contributed by atoms with Gasteiger partial charge in [0.2, 0.25) is 0 Å². The van der Waals surface area contributed by atoms with Gasteiger partial charge in [-0.15, -0.1) is 0 Å². The Morgan fingerprint density at radius 3 is 1.16 bits per heavy atom. The Labute approximate surface area is 266 Å². The molecule has 2 aliphatic rings. The van der Waals surface area contributed by atoms with Gasteiger partial charge >= 0.3 is 12.1 Å². The highest BCUT2D eigenvalue weighted by Crippen LogP contribution is 2.58. The lowest BCUT2D eigenvalue weighted by Crippen LogP contribution is -2.71. The van der Waals surface area contributed by atoms with Crippen molar-refractivity contribution in [3.05, 3.63) is 0 Å². The van der Waals surface area contributed by atoms with E-state index in [-0.39, 0.29) is 43.2 Å². The summed E-state index contributed by atoms with van der Waals surface area (Å²) in [6.07, 6.45) is 1.77. The molecule has 0 aromatic rings. The predicted octanol–water partition coefficient (Wildman–Crippen LogP) is 4.10. The molecule has 254 valence electrons. The second-order valence-electron chi connectivity index (χ2n) is 15.6. The van der Waals surface area contributed by atoms with Crippen LogP contribution in [-0.2, 0) is 9.59 Å². The van der Waals surface area contributed by atoms with Crippen LogP contribution in [0.4, 0.5) is 9.59 Å². The van der Waals surface area contributed by atoms with E-state index >= 15 is 0 Å². The number of rotatable bonds is 11. The summed E-state index contributed by atoms with van der Waals surface area (Å²) in [5, 5.41) is 25.2. The van der Waals surface area contributed by atoms with E-state index in [0.29, 0.717) is 51.9 Å². The normalized spacial score (nSPS) is 21.5. The fourth-order valence-electron chi connectivity index (χ4n) is 9.30. The van der Waals surface area contributed by atoms with Crippen LogP contribution in [0.3, 0.4) is 0 Å². The zero-order chi connectivity index (χ0) is 34.1. The third-order valence-corrected chi connectivity index (χ3v) is 10.7. The van der Waals surface area contributed by atoms with Crippen LogP contribution in [0.15, 0.2) is 0 Å². The molecule has 0 atom stereocenters. The molecule has 10 heteroatoms. The van der Waals surface area contributed by atoms with E-state index in [0.717, 1.165) is 0 Å². The summed E-state index contributed by atoms with van der Waals surface area (Å²) in [4.78, 5) is 60.3. The molecule has 2 heterocycles. The van der Waals surface area contributed by atoms with E-state index in [1.165, 1.54) is 0 Å². The minimum absolute atomic E-state index is 0.0649. The first-order valence-electron chi connectivity index (χ1n) is 16.7. The molecular weight excluding hydrogens is 560 g/mol. The summed E-state index contributed by atoms with van der Waals surface area (Å²) in [6.45, 7) is 26.1. The molecule has 2 aliphatic heterocycles. The topological polar surface area (TPSA) is 127 Å². The fourth-order valence-corrected chi connectivity index (χ4v) is 9.30. The van der Waals surface area contributed by atoms with Gasteiger partial charge in [-0.1, -0.05) is 0 Å². The van der Waals surface area contributed by atoms with Crippen LogP contribution >= 0.6 is 0 Å². The van der Waals surface area contributed by atoms with Crippen LogP contribution in [-0.4, -0.2) is 91.9 Å². The van der Waals surface area contributed by atoms with Gasteiger partial charge in [0.15, 0.2) is 0 Å². The van der Waals surface area contributed by atoms with Gasteiger partial charge in [-0.25, -0.2) is 9.59 Å². The molecule has 0 spiro atoms. The van der Waals surface area contributed by atoms with Gasteiger partial charge in [0.25, 0.3) is 0 Å². The first-order chi connectivity index (χ1) is 20.1. The van der Waals surface area contributed by atoms with Crippen LogP contribution < -0.4 is 10.2 Å². The lowest BCUT2D eigenvalue weighted by atomic mass is 9.52. The fraction of sp³-hybridized carbons (Fsp3) is 0.882. The highest BCUT2D eigenvalue weighted by atomic mass is 16.4. The average Bonchev–Trinajstić information content (AvgIpc) is 2.84. The molecule has 0 N–H and O–H groups in total. The smallest absolute Gasteiger partial charge is 0.320 e. The van der Waals surface area contributed by atoms with Crippen LogP contribution in [0.5, 0.6) is 0 Å². The molecule has 0 aromatic heterocycles. The van der Waals surface area contributed by atoms with Crippen LogP contribution in [0.25, 0.3) is 0 Å². The number of carbonyl (C=O) groups excluding carboxylic acids is 4. The Hall–Kier alpha value is -2.52. The predicted molar refractivity (Wildman–Crippen MR) is 168 cm³/mol. The standard InChI is InChI=1S/C34H62N4O6/c1-13-35(14-2)28(43)37-30(5,6)20-24(21-31(37,7)8)34(27(41)42,19-17-18-26(39)40)25-22-32(9,10)38(33(11,12)23-25)29(44)36(15-3)16-4/h24-25H,13-23H2,1-12H3,(H,39,40)(H,41,42)/p-2. The second-order valence-corrected chi connectivity index (χ2v) is 15.6. The van der Waals surface area contributed by atoms with Crippen molar-refractivity contribution in [1.82, 2.24) is 19.6 Å². The molecule has 0 aromatic carbocycles. The number of aliphatic carboxylic acids is 2. The van der Waals surface area contributed by atoms with Crippen molar-refractivity contribution in [1.29, 1.82) is 0 Å². The number of carboxylic acids is 2. The molecule has 0 saturated carbocycles. The van der Waals surface area contributed by atoms with Gasteiger partial charge in [-0.05, 0) is 140 Å². The van der Waals surface area contributed by atoms with Crippen molar-refractivity contribution in [2.45, 2.75) is 150 Å². The number of hydrogen-bond acceptors (Lipinski definition) is 6. The summed E-state index contributed by atoms with van der Waals surface area (Å²) in [5.74, 6) is -3.16. The van der Waals surface area contributed by atoms with Gasteiger partial charge in [0.05, 0.1) is 0 Å². The summed E-state index contributed by atoms with van der Waals surface area (Å²) >= 11 is 0. The number of urea groups is 2. The second kappa shape index (κ2) is 13.5. The first kappa shape index (κ1) is 37.7. The minimum atomic E-state index is -1.37. The van der Waals surface area contributed by atoms with E-state index in [1.54, 1.807) is 9.80 Å². The Morgan fingerprint density at radius 1 is 0.636 bits per heavy atom. The number of amides is 4. The Morgan fingerprint density at radius 2 is 0.932 bits per heavy atom. The summed E-state index contributed by atoms with van der Waals surface area (Å²) in [5.41, 5.74) is -4.07. The van der Waals surface area contributed by atoms with E-state index in [2.05, 4.69) is 0 Å². The summed E-state index contributed by atoms with van der Waals surface area (Å²) in [7, 11) is 0. The van der Waals surface area contributed by atoms with Crippen molar-refractivity contribution in [3.63, 3.8) is 0 Å². The largest absolute Gasteiger partial charge is 0.550 e. The van der Waals surface area contributed by atoms with Gasteiger partial charge < -0.3 is 39.4 Å². The zero-order valence-corrected chi connectivity index (χ0v) is 29.7. The molecular formula is C34H60N4O6-2. The number of hydrogen-bond donors (Lipinski definition) is 0. The Kier molecular flexibility index (Phi) is 11.5. The maximum absolute atomic E-state index is 13.8. The van der Waals surface area contributed by atoms with Crippen molar-refractivity contribution in [2.75, 3.05) is 26.2 Å². The Bertz CT molecular complexity index is 960. The average molecular weight is 621 g/mol. The number of piperidine rings is 2. The zero-order valence-electron chi connectivity index (χ0n) is 29.7. The molecule has 0 radical (unpaired) electrons. The molecule has 2 fully saturated rings. The summed E-state index contributed by atoms with van der Waals surface area (Å²) < 4.78 is 0. The van der Waals surface area contributed by atoms with Crippen LogP contribution in [0, 0.1) is 17.3 Å². The quantitative estimate of drug-likeness (QED) is 0.342. The monoisotopic (exact) mass is 620 g/mol. The molecule has 4 amide bonds. The van der Waals surface area contributed by atoms with E-state index in [9.17, 15) is 29.4 Å². The highest BCUT2D eigenvalue weighted by Gasteiger charge is 2.60. The molecule has 10 nitrogen and oxygen atoms in total. The third kappa shape index (κ3) is 7.14. The van der Waals surface area contributed by atoms with Crippen molar-refractivity contribution >= 4 is 24.0 Å². The van der Waals surface area contributed by atoms with Gasteiger partial charge in [0.1, 0.15) is 0 Å². The SMILES string of the molecule is CCN(CC)C(=O)N1C(C)(C)CC(C(CCCC(=O)[O-])(C(=O)[O-])C2CC(C)(C)N(C(=O)N(CC)CC)C(C)(C)C2)CC1(C)C. The van der Waals surface area contributed by atoms with Crippen LogP contribution in [0.1, 0.15) is 128 Å². The lowest BCUT2D eigenvalue weighted by molar-refractivity contribution is -0.330. The number of carbonyl (C=O) groups is 4. The highest BCUT2D eigenvalue weighted by molar-refractivity contribution is 5.78. The van der Waals surface area contributed by atoms with Crippen molar-refractivity contribution in [3.8, 4) is 0 Å². The molecule has 2 saturated heterocycles. The minimum Gasteiger partial charge on any atom is -0.550 e.